The Morgan fingerprint density at radius 3 is 2.56 bits per heavy atom. The van der Waals surface area contributed by atoms with Crippen LogP contribution >= 0.6 is 0 Å². The van der Waals surface area contributed by atoms with E-state index in [0.29, 0.717) is 0 Å². The lowest BCUT2D eigenvalue weighted by Crippen LogP contribution is -2.27. The molecule has 0 radical (unpaired) electrons. The summed E-state index contributed by atoms with van der Waals surface area (Å²) >= 11 is 0. The van der Waals surface area contributed by atoms with Crippen LogP contribution in [0, 0.1) is 0 Å². The molecule has 0 fully saturated rings. The molecule has 18 heavy (non-hydrogen) atoms. The number of esters is 1. The van der Waals surface area contributed by atoms with E-state index in [0.717, 1.165) is 4.31 Å². The molecule has 0 spiro atoms. The molecular formula is C11H15NO5S. The Hall–Kier alpha value is -1.60. The van der Waals surface area contributed by atoms with E-state index in [4.69, 9.17) is 8.92 Å². The first-order valence-electron chi connectivity index (χ1n) is 5.26. The number of carbonyl (C=O) groups excluding carboxylic acids is 1. The number of benzene rings is 1. The Bertz CT molecular complexity index is 524. The maximum absolute atomic E-state index is 11.5. The summed E-state index contributed by atoms with van der Waals surface area (Å²) in [6.45, 7) is 1.94. The molecule has 0 aliphatic rings. The van der Waals surface area contributed by atoms with Gasteiger partial charge in [0, 0.05) is 14.1 Å². The van der Waals surface area contributed by atoms with Crippen LogP contribution in [0.15, 0.2) is 24.3 Å². The van der Waals surface area contributed by atoms with Crippen molar-refractivity contribution in [3.8, 4) is 5.75 Å². The van der Waals surface area contributed by atoms with E-state index in [1.807, 2.05) is 0 Å². The summed E-state index contributed by atoms with van der Waals surface area (Å²) in [5, 5.41) is 0. The average molecular weight is 273 g/mol. The van der Waals surface area contributed by atoms with Gasteiger partial charge in [-0.15, -0.1) is 0 Å². The maximum Gasteiger partial charge on any atom is 0.384 e. The second-order valence-electron chi connectivity index (χ2n) is 3.57. The Kier molecular flexibility index (Phi) is 4.69. The van der Waals surface area contributed by atoms with Gasteiger partial charge in [0.1, 0.15) is 5.75 Å². The van der Waals surface area contributed by atoms with Gasteiger partial charge in [-0.05, 0) is 25.1 Å². The summed E-state index contributed by atoms with van der Waals surface area (Å²) in [6.07, 6.45) is 0. The van der Waals surface area contributed by atoms with Crippen molar-refractivity contribution in [2.75, 3.05) is 20.7 Å². The molecule has 0 aromatic heterocycles. The molecule has 0 N–H and O–H groups in total. The Balaban J connectivity index is 2.93. The molecule has 0 amide bonds. The second kappa shape index (κ2) is 5.83. The maximum atomic E-state index is 11.5. The van der Waals surface area contributed by atoms with E-state index in [1.54, 1.807) is 6.92 Å². The molecule has 1 aromatic carbocycles. The van der Waals surface area contributed by atoms with Gasteiger partial charge in [-0.3, -0.25) is 0 Å². The third-order valence-electron chi connectivity index (χ3n) is 1.99. The van der Waals surface area contributed by atoms with Gasteiger partial charge in [0.2, 0.25) is 0 Å². The monoisotopic (exact) mass is 273 g/mol. The summed E-state index contributed by atoms with van der Waals surface area (Å²) in [7, 11) is -1.12. The van der Waals surface area contributed by atoms with Crippen molar-refractivity contribution in [3.63, 3.8) is 0 Å². The molecule has 1 aromatic rings. The van der Waals surface area contributed by atoms with Gasteiger partial charge >= 0.3 is 16.3 Å². The number of hydrogen-bond acceptors (Lipinski definition) is 5. The van der Waals surface area contributed by atoms with Crippen molar-refractivity contribution >= 4 is 16.3 Å². The third-order valence-corrected chi connectivity index (χ3v) is 3.29. The molecule has 6 nitrogen and oxygen atoms in total. The number of nitrogens with zero attached hydrogens (tertiary/aromatic N) is 1. The van der Waals surface area contributed by atoms with Crippen LogP contribution in [-0.4, -0.2) is 39.4 Å². The van der Waals surface area contributed by atoms with E-state index in [-0.39, 0.29) is 17.9 Å². The summed E-state index contributed by atoms with van der Waals surface area (Å²) in [4.78, 5) is 11.5. The number of hydrogen-bond donors (Lipinski definition) is 0. The first-order valence-corrected chi connectivity index (χ1v) is 6.62. The Labute approximate surface area is 106 Å². The van der Waals surface area contributed by atoms with E-state index >= 15 is 0 Å². The van der Waals surface area contributed by atoms with E-state index in [1.165, 1.54) is 38.4 Å². The third kappa shape index (κ3) is 3.71. The molecule has 0 bridgehead atoms. The normalized spacial score (nSPS) is 11.3. The predicted molar refractivity (Wildman–Crippen MR) is 65.6 cm³/mol. The summed E-state index contributed by atoms with van der Waals surface area (Å²) in [6, 6.07) is 5.81. The zero-order valence-electron chi connectivity index (χ0n) is 10.4. The van der Waals surface area contributed by atoms with Gasteiger partial charge in [-0.1, -0.05) is 6.07 Å². The first-order chi connectivity index (χ1) is 8.36. The Morgan fingerprint density at radius 1 is 1.33 bits per heavy atom. The molecule has 100 valence electrons. The lowest BCUT2D eigenvalue weighted by molar-refractivity contribution is 0.0526. The van der Waals surface area contributed by atoms with E-state index in [9.17, 15) is 13.2 Å². The minimum absolute atomic E-state index is 0.0641. The summed E-state index contributed by atoms with van der Waals surface area (Å²) in [5.74, 6) is -0.459. The molecule has 7 heteroatoms. The van der Waals surface area contributed by atoms with Gasteiger partial charge < -0.3 is 8.92 Å². The topological polar surface area (TPSA) is 72.9 Å². The van der Waals surface area contributed by atoms with Gasteiger partial charge in [-0.25, -0.2) is 4.79 Å². The number of carbonyl (C=O) groups is 1. The second-order valence-corrected chi connectivity index (χ2v) is 5.32. The van der Waals surface area contributed by atoms with Crippen LogP contribution in [0.25, 0.3) is 0 Å². The smallest absolute Gasteiger partial charge is 0.384 e. The van der Waals surface area contributed by atoms with Crippen molar-refractivity contribution in [2.45, 2.75) is 6.92 Å². The van der Waals surface area contributed by atoms with Crippen LogP contribution in [0.1, 0.15) is 17.3 Å². The summed E-state index contributed by atoms with van der Waals surface area (Å²) in [5.41, 5.74) is 0.239. The lowest BCUT2D eigenvalue weighted by Gasteiger charge is -2.12. The van der Waals surface area contributed by atoms with Crippen molar-refractivity contribution in [1.82, 2.24) is 4.31 Å². The molecule has 1 rings (SSSR count). The fourth-order valence-corrected chi connectivity index (χ4v) is 1.58. The zero-order chi connectivity index (χ0) is 13.8. The van der Waals surface area contributed by atoms with Crippen LogP contribution in [0.4, 0.5) is 0 Å². The van der Waals surface area contributed by atoms with E-state index < -0.39 is 16.3 Å². The molecule has 0 aliphatic heterocycles. The lowest BCUT2D eigenvalue weighted by atomic mass is 10.2. The molecule has 0 aliphatic carbocycles. The van der Waals surface area contributed by atoms with Crippen LogP contribution in [0.5, 0.6) is 5.75 Å². The minimum Gasteiger partial charge on any atom is -0.462 e. The van der Waals surface area contributed by atoms with Gasteiger partial charge in [0.15, 0.2) is 0 Å². The molecular weight excluding hydrogens is 258 g/mol. The van der Waals surface area contributed by atoms with Gasteiger partial charge in [0.25, 0.3) is 0 Å². The average Bonchev–Trinajstić information content (AvgIpc) is 2.29. The van der Waals surface area contributed by atoms with Gasteiger partial charge in [-0.2, -0.15) is 12.7 Å². The predicted octanol–water partition coefficient (Wildman–Crippen LogP) is 1.05. The first kappa shape index (κ1) is 14.5. The highest BCUT2D eigenvalue weighted by Crippen LogP contribution is 2.16. The van der Waals surface area contributed by atoms with Crippen molar-refractivity contribution in [1.29, 1.82) is 0 Å². The SMILES string of the molecule is CCOC(=O)c1cccc(OS(=O)(=O)N(C)C)c1. The fraction of sp³-hybridized carbons (Fsp3) is 0.364. The standard InChI is InChI=1S/C11H15NO5S/c1-4-16-11(13)9-6-5-7-10(8-9)17-18(14,15)12(2)3/h5-8H,4H2,1-3H3. The van der Waals surface area contributed by atoms with Crippen LogP contribution in [0.2, 0.25) is 0 Å². The highest BCUT2D eigenvalue weighted by Gasteiger charge is 2.16. The number of rotatable bonds is 5. The quantitative estimate of drug-likeness (QED) is 0.750. The minimum atomic E-state index is -3.82. The van der Waals surface area contributed by atoms with Crippen LogP contribution in [0.3, 0.4) is 0 Å². The number of ether oxygens (including phenoxy) is 1. The molecule has 0 saturated heterocycles. The van der Waals surface area contributed by atoms with Crippen LogP contribution in [-0.2, 0) is 15.0 Å². The highest BCUT2D eigenvalue weighted by atomic mass is 32.2. The molecule has 0 unspecified atom stereocenters. The van der Waals surface area contributed by atoms with Crippen LogP contribution < -0.4 is 4.18 Å². The largest absolute Gasteiger partial charge is 0.462 e. The van der Waals surface area contributed by atoms with Crippen molar-refractivity contribution in [3.05, 3.63) is 29.8 Å². The molecule has 0 heterocycles. The fourth-order valence-electron chi connectivity index (χ4n) is 1.09. The van der Waals surface area contributed by atoms with Crippen molar-refractivity contribution < 1.29 is 22.1 Å². The van der Waals surface area contributed by atoms with E-state index in [2.05, 4.69) is 0 Å². The molecule has 0 saturated carbocycles. The summed E-state index contributed by atoms with van der Waals surface area (Å²) < 4.78 is 33.6. The van der Waals surface area contributed by atoms with Gasteiger partial charge in [0.05, 0.1) is 12.2 Å². The highest BCUT2D eigenvalue weighted by molar-refractivity contribution is 7.84. The molecule has 0 atom stereocenters. The van der Waals surface area contributed by atoms with Crippen molar-refractivity contribution in [2.24, 2.45) is 0 Å². The Morgan fingerprint density at radius 2 is 2.00 bits per heavy atom. The zero-order valence-corrected chi connectivity index (χ0v) is 11.2.